The van der Waals surface area contributed by atoms with Gasteiger partial charge in [0.1, 0.15) is 29.0 Å². The van der Waals surface area contributed by atoms with E-state index in [-0.39, 0.29) is 23.5 Å². The normalized spacial score (nSPS) is 11.0. The average Bonchev–Trinajstić information content (AvgIpc) is 2.76. The fourth-order valence-electron chi connectivity index (χ4n) is 2.97. The number of rotatable bonds is 6. The molecule has 3 rings (SSSR count). The second-order valence-corrected chi connectivity index (χ2v) is 6.96. The Labute approximate surface area is 183 Å². The Kier molecular flexibility index (Phi) is 7.01. The summed E-state index contributed by atoms with van der Waals surface area (Å²) < 4.78 is 33.2. The van der Waals surface area contributed by atoms with E-state index >= 15 is 0 Å². The summed E-state index contributed by atoms with van der Waals surface area (Å²) in [6.45, 7) is 0. The van der Waals surface area contributed by atoms with Gasteiger partial charge in [-0.2, -0.15) is 5.26 Å². The first-order chi connectivity index (χ1) is 14.9. The highest BCUT2D eigenvalue weighted by Gasteiger charge is 2.15. The summed E-state index contributed by atoms with van der Waals surface area (Å²) in [5, 5.41) is 12.1. The molecule has 0 unspecified atom stereocenters. The molecule has 4 nitrogen and oxygen atoms in total. The van der Waals surface area contributed by atoms with Gasteiger partial charge in [-0.15, -0.1) is 0 Å². The van der Waals surface area contributed by atoms with Crippen molar-refractivity contribution in [2.75, 3.05) is 12.4 Å². The van der Waals surface area contributed by atoms with Crippen molar-refractivity contribution in [1.29, 1.82) is 5.26 Å². The predicted molar refractivity (Wildman–Crippen MR) is 116 cm³/mol. The van der Waals surface area contributed by atoms with Crippen molar-refractivity contribution in [2.24, 2.45) is 0 Å². The van der Waals surface area contributed by atoms with Crippen LogP contribution in [0.3, 0.4) is 0 Å². The fraction of sp³-hybridized carbons (Fsp3) is 0.0833. The molecule has 31 heavy (non-hydrogen) atoms. The van der Waals surface area contributed by atoms with Gasteiger partial charge in [0.25, 0.3) is 5.91 Å². The maximum atomic E-state index is 14.0. The predicted octanol–water partition coefficient (Wildman–Crippen LogP) is 5.76. The van der Waals surface area contributed by atoms with Gasteiger partial charge in [-0.05, 0) is 47.5 Å². The number of nitrogens with zero attached hydrogens (tertiary/aromatic N) is 1. The van der Waals surface area contributed by atoms with E-state index in [1.807, 2.05) is 0 Å². The van der Waals surface area contributed by atoms with Gasteiger partial charge in [-0.1, -0.05) is 41.9 Å². The zero-order valence-corrected chi connectivity index (χ0v) is 17.2. The van der Waals surface area contributed by atoms with E-state index in [2.05, 4.69) is 5.32 Å². The largest absolute Gasteiger partial charge is 0.496 e. The van der Waals surface area contributed by atoms with Gasteiger partial charge >= 0.3 is 0 Å². The van der Waals surface area contributed by atoms with Crippen LogP contribution in [0.4, 0.5) is 14.5 Å². The van der Waals surface area contributed by atoms with E-state index in [1.54, 1.807) is 42.5 Å². The molecule has 0 saturated carbocycles. The molecule has 1 amide bonds. The summed E-state index contributed by atoms with van der Waals surface area (Å²) in [5.41, 5.74) is 1.17. The van der Waals surface area contributed by atoms with Gasteiger partial charge in [0.05, 0.1) is 12.8 Å². The number of benzene rings is 3. The van der Waals surface area contributed by atoms with Crippen LogP contribution in [0.5, 0.6) is 5.75 Å². The van der Waals surface area contributed by atoms with Crippen molar-refractivity contribution in [2.45, 2.75) is 6.42 Å². The topological polar surface area (TPSA) is 62.1 Å². The fourth-order valence-corrected chi connectivity index (χ4v) is 3.25. The van der Waals surface area contributed by atoms with Crippen LogP contribution in [0.25, 0.3) is 6.08 Å². The van der Waals surface area contributed by atoms with E-state index in [0.29, 0.717) is 27.5 Å². The first kappa shape index (κ1) is 22.0. The lowest BCUT2D eigenvalue weighted by atomic mass is 10.0. The number of nitrogens with one attached hydrogen (secondary N) is 1. The molecule has 0 aliphatic carbocycles. The summed E-state index contributed by atoms with van der Waals surface area (Å²) in [5.74, 6) is -1.36. The Hall–Kier alpha value is -3.69. The molecule has 0 radical (unpaired) electrons. The number of hydrogen-bond donors (Lipinski definition) is 1. The van der Waals surface area contributed by atoms with Crippen molar-refractivity contribution in [3.05, 3.63) is 99.6 Å². The second-order valence-electron chi connectivity index (χ2n) is 6.56. The Balaban J connectivity index is 1.91. The number of anilines is 1. The van der Waals surface area contributed by atoms with Crippen LogP contribution in [0.2, 0.25) is 5.02 Å². The lowest BCUT2D eigenvalue weighted by molar-refractivity contribution is -0.112. The number of halogens is 3. The van der Waals surface area contributed by atoms with Gasteiger partial charge in [0.2, 0.25) is 0 Å². The molecule has 0 saturated heterocycles. The molecule has 3 aromatic rings. The minimum absolute atomic E-state index is 0.0375. The number of hydrogen-bond acceptors (Lipinski definition) is 3. The van der Waals surface area contributed by atoms with Crippen LogP contribution < -0.4 is 10.1 Å². The Morgan fingerprint density at radius 1 is 1.13 bits per heavy atom. The number of amides is 1. The van der Waals surface area contributed by atoms with Crippen LogP contribution >= 0.6 is 11.6 Å². The van der Waals surface area contributed by atoms with Crippen molar-refractivity contribution < 1.29 is 18.3 Å². The van der Waals surface area contributed by atoms with Gasteiger partial charge in [0, 0.05) is 17.0 Å². The Bertz CT molecular complexity index is 1200. The Morgan fingerprint density at radius 3 is 2.45 bits per heavy atom. The maximum absolute atomic E-state index is 14.0. The summed E-state index contributed by atoms with van der Waals surface area (Å²) in [4.78, 5) is 12.4. The monoisotopic (exact) mass is 438 g/mol. The summed E-state index contributed by atoms with van der Waals surface area (Å²) >= 11 is 6.41. The number of carbonyl (C=O) groups is 1. The van der Waals surface area contributed by atoms with Gasteiger partial charge in [-0.3, -0.25) is 4.79 Å². The lowest BCUT2D eigenvalue weighted by Crippen LogP contribution is -2.14. The molecule has 0 spiro atoms. The third-order valence-corrected chi connectivity index (χ3v) is 4.86. The first-order valence-electron chi connectivity index (χ1n) is 9.20. The van der Waals surface area contributed by atoms with Gasteiger partial charge in [0.15, 0.2) is 0 Å². The minimum Gasteiger partial charge on any atom is -0.496 e. The molecule has 7 heteroatoms. The summed E-state index contributed by atoms with van der Waals surface area (Å²) in [6, 6.07) is 16.9. The average molecular weight is 439 g/mol. The Morgan fingerprint density at radius 2 is 1.81 bits per heavy atom. The number of carbonyl (C=O) groups excluding carboxylic acids is 1. The first-order valence-corrected chi connectivity index (χ1v) is 9.58. The van der Waals surface area contributed by atoms with E-state index in [1.165, 1.54) is 37.5 Å². The molecule has 3 aromatic carbocycles. The molecular formula is C24H17ClF2N2O2. The molecule has 1 N–H and O–H groups in total. The van der Waals surface area contributed by atoms with E-state index in [4.69, 9.17) is 16.3 Å². The van der Waals surface area contributed by atoms with Gasteiger partial charge in [-0.25, -0.2) is 8.78 Å². The minimum atomic E-state index is -0.766. The van der Waals surface area contributed by atoms with Crippen molar-refractivity contribution in [3.63, 3.8) is 0 Å². The summed E-state index contributed by atoms with van der Waals surface area (Å²) in [6.07, 6.45) is 1.52. The molecule has 0 heterocycles. The molecule has 0 fully saturated rings. The zero-order valence-electron chi connectivity index (χ0n) is 16.5. The van der Waals surface area contributed by atoms with Crippen molar-refractivity contribution in [1.82, 2.24) is 0 Å². The van der Waals surface area contributed by atoms with Crippen LogP contribution in [0, 0.1) is 23.0 Å². The molecule has 0 aliphatic heterocycles. The van der Waals surface area contributed by atoms with Crippen LogP contribution in [-0.4, -0.2) is 13.0 Å². The van der Waals surface area contributed by atoms with Crippen LogP contribution in [-0.2, 0) is 11.2 Å². The van der Waals surface area contributed by atoms with Crippen molar-refractivity contribution in [3.8, 4) is 11.8 Å². The second kappa shape index (κ2) is 9.88. The maximum Gasteiger partial charge on any atom is 0.266 e. The van der Waals surface area contributed by atoms with E-state index in [0.717, 1.165) is 0 Å². The third-order valence-electron chi connectivity index (χ3n) is 4.52. The van der Waals surface area contributed by atoms with Crippen molar-refractivity contribution >= 4 is 29.3 Å². The molecule has 156 valence electrons. The number of nitriles is 1. The quantitative estimate of drug-likeness (QED) is 0.393. The lowest BCUT2D eigenvalue weighted by Gasteiger charge is -2.13. The number of methoxy groups -OCH3 is 1. The zero-order chi connectivity index (χ0) is 22.4. The van der Waals surface area contributed by atoms with Gasteiger partial charge < -0.3 is 10.1 Å². The molecular weight excluding hydrogens is 422 g/mol. The standard InChI is InChI=1S/C24H17ClF2N2O2/c1-31-23-12-15(11-19(25)18(23)13-16-6-2-3-7-20(16)26)10-17(14-28)24(30)29-22-9-5-4-8-21(22)27/h2-12H,13H2,1H3,(H,29,30)/b17-10+. The highest BCUT2D eigenvalue weighted by Crippen LogP contribution is 2.32. The smallest absolute Gasteiger partial charge is 0.266 e. The third kappa shape index (κ3) is 5.27. The van der Waals surface area contributed by atoms with E-state index in [9.17, 15) is 18.8 Å². The molecule has 0 atom stereocenters. The molecule has 0 aliphatic rings. The molecule has 0 aromatic heterocycles. The summed E-state index contributed by atoms with van der Waals surface area (Å²) in [7, 11) is 1.44. The highest BCUT2D eigenvalue weighted by molar-refractivity contribution is 6.31. The van der Waals surface area contributed by atoms with E-state index < -0.39 is 11.7 Å². The molecule has 0 bridgehead atoms. The SMILES string of the molecule is COc1cc(/C=C(\C#N)C(=O)Nc2ccccc2F)cc(Cl)c1Cc1ccccc1F. The highest BCUT2D eigenvalue weighted by atomic mass is 35.5. The van der Waals surface area contributed by atoms with Crippen LogP contribution in [0.1, 0.15) is 16.7 Å². The van der Waals surface area contributed by atoms with Crippen LogP contribution in [0.15, 0.2) is 66.2 Å². The number of para-hydroxylation sites is 1. The number of ether oxygens (including phenoxy) is 1.